The molecule has 3 heterocycles. The Balaban J connectivity index is 1.26. The Hall–Kier alpha value is -4.25. The van der Waals surface area contributed by atoms with E-state index in [-0.39, 0.29) is 51.9 Å². The molecule has 0 radical (unpaired) electrons. The van der Waals surface area contributed by atoms with E-state index in [1.54, 1.807) is 0 Å². The molecule has 0 spiro atoms. The molecule has 6 rings (SSSR count). The number of anilines is 2. The van der Waals surface area contributed by atoms with Gasteiger partial charge in [-0.3, -0.25) is 10.2 Å². The summed E-state index contributed by atoms with van der Waals surface area (Å²) in [5.41, 5.74) is 11.7. The van der Waals surface area contributed by atoms with Gasteiger partial charge in [0, 0.05) is 53.6 Å². The summed E-state index contributed by atoms with van der Waals surface area (Å²) in [7, 11) is 0. The number of H-pyrrole nitrogens is 1. The Labute approximate surface area is 215 Å². The molecule has 0 bridgehead atoms. The first kappa shape index (κ1) is 24.1. The van der Waals surface area contributed by atoms with E-state index in [0.29, 0.717) is 24.5 Å². The molecule has 194 valence electrons. The van der Waals surface area contributed by atoms with Crippen molar-refractivity contribution in [3.8, 4) is 0 Å². The summed E-state index contributed by atoms with van der Waals surface area (Å²) in [4.78, 5) is 25.2. The van der Waals surface area contributed by atoms with E-state index in [9.17, 15) is 13.6 Å². The molecule has 8 nitrogen and oxygen atoms in total. The Morgan fingerprint density at radius 1 is 1.13 bits per heavy atom. The van der Waals surface area contributed by atoms with E-state index in [1.165, 1.54) is 42.7 Å². The summed E-state index contributed by atoms with van der Waals surface area (Å²) in [5.74, 6) is -1.23. The van der Waals surface area contributed by atoms with Crippen molar-refractivity contribution in [1.82, 2.24) is 15.0 Å². The number of benzene rings is 2. The summed E-state index contributed by atoms with van der Waals surface area (Å²) in [5, 5.41) is 8.81. The van der Waals surface area contributed by atoms with E-state index >= 15 is 4.39 Å². The van der Waals surface area contributed by atoms with Gasteiger partial charge in [0.15, 0.2) is 5.82 Å². The van der Waals surface area contributed by atoms with E-state index < -0.39 is 28.4 Å². The second-order valence-electron chi connectivity index (χ2n) is 9.88. The van der Waals surface area contributed by atoms with E-state index in [4.69, 9.17) is 16.9 Å². The molecular formula is C27H24F3N7O. The second kappa shape index (κ2) is 8.66. The monoisotopic (exact) mass is 519 g/mol. The number of pyridine rings is 1. The SMILES string of the molecule is N=C(c1ccc2c(=O)[nH]ccc2c1F)c1ncc(N2CC[C@@H]3[C@H](C2)[C@@]3(CN)c2cc(F)cc(F)c2)nc1N. The number of fused-ring (bicyclic) bond motifs is 2. The molecule has 1 aliphatic carbocycles. The van der Waals surface area contributed by atoms with Crippen LogP contribution in [0.1, 0.15) is 23.2 Å². The van der Waals surface area contributed by atoms with Crippen molar-refractivity contribution in [1.29, 1.82) is 5.41 Å². The quantitative estimate of drug-likeness (QED) is 0.299. The first-order chi connectivity index (χ1) is 18.2. The van der Waals surface area contributed by atoms with Crippen LogP contribution >= 0.6 is 0 Å². The molecule has 11 heteroatoms. The molecule has 0 unspecified atom stereocenters. The van der Waals surface area contributed by atoms with Gasteiger partial charge >= 0.3 is 0 Å². The van der Waals surface area contributed by atoms with Gasteiger partial charge in [-0.25, -0.2) is 23.1 Å². The number of piperidine rings is 1. The number of nitrogen functional groups attached to an aromatic ring is 1. The van der Waals surface area contributed by atoms with Crippen LogP contribution in [0.3, 0.4) is 0 Å². The second-order valence-corrected chi connectivity index (χ2v) is 9.88. The highest BCUT2D eigenvalue weighted by Crippen LogP contribution is 2.63. The topological polar surface area (TPSA) is 138 Å². The zero-order valence-electron chi connectivity index (χ0n) is 20.1. The Morgan fingerprint density at radius 2 is 1.89 bits per heavy atom. The molecule has 2 aliphatic rings. The van der Waals surface area contributed by atoms with Crippen LogP contribution in [0.25, 0.3) is 10.8 Å². The van der Waals surface area contributed by atoms with Crippen molar-refractivity contribution in [3.05, 3.63) is 93.4 Å². The third-order valence-corrected chi connectivity index (χ3v) is 8.07. The smallest absolute Gasteiger partial charge is 0.255 e. The Kier molecular flexibility index (Phi) is 5.49. The molecule has 38 heavy (non-hydrogen) atoms. The first-order valence-electron chi connectivity index (χ1n) is 12.2. The van der Waals surface area contributed by atoms with Crippen LogP contribution < -0.4 is 21.9 Å². The van der Waals surface area contributed by atoms with Crippen molar-refractivity contribution < 1.29 is 13.2 Å². The van der Waals surface area contributed by atoms with Gasteiger partial charge in [-0.1, -0.05) is 0 Å². The van der Waals surface area contributed by atoms with E-state index in [0.717, 1.165) is 12.5 Å². The van der Waals surface area contributed by atoms with Crippen LogP contribution in [0, 0.1) is 34.7 Å². The number of hydrogen-bond acceptors (Lipinski definition) is 7. The van der Waals surface area contributed by atoms with Crippen molar-refractivity contribution in [3.63, 3.8) is 0 Å². The van der Waals surface area contributed by atoms with Crippen molar-refractivity contribution in [2.24, 2.45) is 17.6 Å². The fourth-order valence-electron chi connectivity index (χ4n) is 6.15. The maximum absolute atomic E-state index is 15.2. The molecular weight excluding hydrogens is 495 g/mol. The van der Waals surface area contributed by atoms with Crippen LogP contribution in [0.2, 0.25) is 0 Å². The summed E-state index contributed by atoms with van der Waals surface area (Å²) in [6.07, 6.45) is 3.58. The molecule has 2 aromatic heterocycles. The third kappa shape index (κ3) is 3.57. The van der Waals surface area contributed by atoms with Gasteiger partial charge in [0.05, 0.1) is 11.9 Å². The third-order valence-electron chi connectivity index (χ3n) is 8.07. The van der Waals surface area contributed by atoms with Gasteiger partial charge in [0.2, 0.25) is 0 Å². The van der Waals surface area contributed by atoms with Gasteiger partial charge in [0.1, 0.15) is 29.0 Å². The van der Waals surface area contributed by atoms with Crippen LogP contribution in [-0.2, 0) is 5.41 Å². The largest absolute Gasteiger partial charge is 0.382 e. The number of rotatable bonds is 5. The number of aromatic amines is 1. The minimum Gasteiger partial charge on any atom is -0.382 e. The maximum Gasteiger partial charge on any atom is 0.255 e. The number of nitrogens with two attached hydrogens (primary N) is 2. The lowest BCUT2D eigenvalue weighted by Crippen LogP contribution is -2.33. The molecule has 4 aromatic rings. The lowest BCUT2D eigenvalue weighted by atomic mass is 9.91. The minimum atomic E-state index is -0.716. The van der Waals surface area contributed by atoms with Crippen molar-refractivity contribution in [2.75, 3.05) is 30.3 Å². The van der Waals surface area contributed by atoms with Crippen molar-refractivity contribution >= 4 is 28.1 Å². The zero-order valence-corrected chi connectivity index (χ0v) is 20.1. The molecule has 2 fully saturated rings. The average molecular weight is 520 g/mol. The molecule has 1 saturated heterocycles. The zero-order chi connectivity index (χ0) is 26.8. The fraction of sp³-hybridized carbons (Fsp3) is 0.259. The first-order valence-corrected chi connectivity index (χ1v) is 12.2. The van der Waals surface area contributed by atoms with Crippen LogP contribution in [0.4, 0.5) is 24.8 Å². The van der Waals surface area contributed by atoms with Gasteiger partial charge < -0.3 is 21.4 Å². The Bertz CT molecular complexity index is 1650. The lowest BCUT2D eigenvalue weighted by Gasteiger charge is -2.27. The molecule has 2 aromatic carbocycles. The standard InChI is InChI=1S/C27H24F3N7O/c28-14-7-13(8-15(29)9-14)27(12-31)19-4-6-37(11-20(19)27)21-10-35-24(25(33)36-21)23(32)18-2-1-17-16(22(18)30)3-5-34-26(17)38/h1-3,5,7-10,19-20,32H,4,6,11-12,31H2,(H2,33,36)(H,34,38)/t19-,20+,27+/m1/s1. The molecule has 6 N–H and O–H groups in total. The summed E-state index contributed by atoms with van der Waals surface area (Å²) >= 11 is 0. The van der Waals surface area contributed by atoms with Gasteiger partial charge in [0.25, 0.3) is 5.56 Å². The van der Waals surface area contributed by atoms with Gasteiger partial charge in [-0.15, -0.1) is 0 Å². The van der Waals surface area contributed by atoms with Crippen LogP contribution in [0.5, 0.6) is 0 Å². The number of halogens is 3. The fourth-order valence-corrected chi connectivity index (χ4v) is 6.15. The highest BCUT2D eigenvalue weighted by Gasteiger charge is 2.65. The number of aromatic nitrogens is 3. The summed E-state index contributed by atoms with van der Waals surface area (Å²) < 4.78 is 43.1. The predicted octanol–water partition coefficient (Wildman–Crippen LogP) is 3.09. The highest BCUT2D eigenvalue weighted by atomic mass is 19.1. The normalized spacial score (nSPS) is 22.4. The molecule has 0 amide bonds. The van der Waals surface area contributed by atoms with E-state index in [2.05, 4.69) is 15.0 Å². The number of nitrogens with zero attached hydrogens (tertiary/aromatic N) is 3. The summed E-state index contributed by atoms with van der Waals surface area (Å²) in [6, 6.07) is 7.81. The van der Waals surface area contributed by atoms with Gasteiger partial charge in [-0.05, 0) is 54.2 Å². The average Bonchev–Trinajstić information content (AvgIpc) is 3.56. The maximum atomic E-state index is 15.2. The molecule has 3 atom stereocenters. The highest BCUT2D eigenvalue weighted by molar-refractivity contribution is 6.13. The molecule has 1 aliphatic heterocycles. The molecule has 1 saturated carbocycles. The predicted molar refractivity (Wildman–Crippen MR) is 138 cm³/mol. The van der Waals surface area contributed by atoms with E-state index in [1.807, 2.05) is 4.90 Å². The number of hydrogen-bond donors (Lipinski definition) is 4. The van der Waals surface area contributed by atoms with Gasteiger partial charge in [-0.2, -0.15) is 0 Å². The van der Waals surface area contributed by atoms with Crippen molar-refractivity contribution in [2.45, 2.75) is 11.8 Å². The number of nitrogens with one attached hydrogen (secondary N) is 2. The Morgan fingerprint density at radius 3 is 2.61 bits per heavy atom. The minimum absolute atomic E-state index is 0.0182. The van der Waals surface area contributed by atoms with Crippen LogP contribution in [0.15, 0.2) is 53.6 Å². The lowest BCUT2D eigenvalue weighted by molar-refractivity contribution is 0.543. The van der Waals surface area contributed by atoms with Crippen LogP contribution in [-0.4, -0.2) is 40.3 Å². The summed E-state index contributed by atoms with van der Waals surface area (Å²) in [6.45, 7) is 1.45.